The Morgan fingerprint density at radius 2 is 1.79 bits per heavy atom. The molecule has 2 aromatic rings. The predicted molar refractivity (Wildman–Crippen MR) is 68.9 cm³/mol. The van der Waals surface area contributed by atoms with Crippen LogP contribution in [0.1, 0.15) is 11.1 Å². The molecule has 0 bridgehead atoms. The molecule has 0 fully saturated rings. The molecule has 2 aromatic carbocycles. The van der Waals surface area contributed by atoms with Gasteiger partial charge in [-0.1, -0.05) is 0 Å². The summed E-state index contributed by atoms with van der Waals surface area (Å²) in [4.78, 5) is 0. The Balaban J connectivity index is 2.45. The van der Waals surface area contributed by atoms with Crippen molar-refractivity contribution in [1.29, 1.82) is 10.5 Å². The van der Waals surface area contributed by atoms with Crippen molar-refractivity contribution >= 4 is 15.9 Å². The number of nitrogens with zero attached hydrogens (tertiary/aromatic N) is 2. The van der Waals surface area contributed by atoms with Crippen LogP contribution in [0, 0.1) is 34.5 Å². The number of ether oxygens (including phenoxy) is 1. The first-order valence-corrected chi connectivity index (χ1v) is 5.92. The smallest absolute Gasteiger partial charge is 0.177 e. The van der Waals surface area contributed by atoms with Gasteiger partial charge in [0.05, 0.1) is 27.7 Å². The fraction of sp³-hybridized carbons (Fsp3) is 0. The molecule has 0 amide bonds. The van der Waals surface area contributed by atoms with Crippen LogP contribution in [-0.4, -0.2) is 0 Å². The number of nitriles is 2. The summed E-state index contributed by atoms with van der Waals surface area (Å²) in [5.41, 5.74) is 0.538. The highest BCUT2D eigenvalue weighted by atomic mass is 79.9. The summed E-state index contributed by atoms with van der Waals surface area (Å²) >= 11 is 3.16. The van der Waals surface area contributed by atoms with E-state index in [1.165, 1.54) is 24.3 Å². The van der Waals surface area contributed by atoms with E-state index in [9.17, 15) is 4.39 Å². The molecule has 0 saturated heterocycles. The standard InChI is InChI=1S/C14H5BrFN2O/c15-12-2-1-3-13(16)14(12)19-11-5-9(7-17)4-10(6-11)8-18/h1-2,4-6H. The lowest BCUT2D eigenvalue weighted by Crippen LogP contribution is -1.91. The van der Waals surface area contributed by atoms with Gasteiger partial charge in [0, 0.05) is 6.07 Å². The maximum atomic E-state index is 13.6. The molecule has 0 saturated carbocycles. The average Bonchev–Trinajstić information content (AvgIpc) is 2.42. The molecule has 3 nitrogen and oxygen atoms in total. The fourth-order valence-corrected chi connectivity index (χ4v) is 1.82. The number of hydrogen-bond donors (Lipinski definition) is 0. The molecule has 91 valence electrons. The van der Waals surface area contributed by atoms with Gasteiger partial charge in [-0.25, -0.2) is 4.39 Å². The molecule has 0 N–H and O–H groups in total. The van der Waals surface area contributed by atoms with Crippen LogP contribution in [0.5, 0.6) is 11.5 Å². The van der Waals surface area contributed by atoms with Gasteiger partial charge in [-0.2, -0.15) is 10.5 Å². The molecule has 0 unspecified atom stereocenters. The molecule has 0 aliphatic carbocycles. The molecule has 0 spiro atoms. The van der Waals surface area contributed by atoms with Crippen LogP contribution in [0.2, 0.25) is 0 Å². The van der Waals surface area contributed by atoms with Crippen LogP contribution in [0.25, 0.3) is 0 Å². The molecule has 0 atom stereocenters. The van der Waals surface area contributed by atoms with Gasteiger partial charge < -0.3 is 4.74 Å². The highest BCUT2D eigenvalue weighted by Gasteiger charge is 2.10. The molecular weight excluding hydrogens is 311 g/mol. The van der Waals surface area contributed by atoms with Gasteiger partial charge in [0.15, 0.2) is 11.6 Å². The first kappa shape index (κ1) is 13.1. The number of halogens is 2. The molecule has 2 rings (SSSR count). The monoisotopic (exact) mass is 315 g/mol. The summed E-state index contributed by atoms with van der Waals surface area (Å²) in [7, 11) is 0. The lowest BCUT2D eigenvalue weighted by molar-refractivity contribution is 0.438. The van der Waals surface area contributed by atoms with E-state index in [-0.39, 0.29) is 22.6 Å². The van der Waals surface area contributed by atoms with Crippen molar-refractivity contribution in [2.75, 3.05) is 0 Å². The van der Waals surface area contributed by atoms with Gasteiger partial charge >= 0.3 is 0 Å². The normalized spacial score (nSPS) is 9.47. The maximum absolute atomic E-state index is 13.6. The zero-order chi connectivity index (χ0) is 13.8. The van der Waals surface area contributed by atoms with Gasteiger partial charge in [0.1, 0.15) is 5.75 Å². The number of hydrogen-bond acceptors (Lipinski definition) is 3. The molecule has 0 aromatic heterocycles. The van der Waals surface area contributed by atoms with Crippen molar-refractivity contribution in [3.8, 4) is 23.6 Å². The lowest BCUT2D eigenvalue weighted by atomic mass is 10.1. The molecule has 0 aliphatic rings. The van der Waals surface area contributed by atoms with E-state index >= 15 is 0 Å². The molecule has 0 heterocycles. The van der Waals surface area contributed by atoms with E-state index in [4.69, 9.17) is 15.3 Å². The average molecular weight is 316 g/mol. The Morgan fingerprint density at radius 1 is 1.16 bits per heavy atom. The van der Waals surface area contributed by atoms with Crippen LogP contribution in [-0.2, 0) is 0 Å². The van der Waals surface area contributed by atoms with E-state index in [0.29, 0.717) is 4.47 Å². The van der Waals surface area contributed by atoms with Crippen LogP contribution in [0.4, 0.5) is 4.39 Å². The van der Waals surface area contributed by atoms with E-state index in [0.717, 1.165) is 0 Å². The van der Waals surface area contributed by atoms with Crippen LogP contribution in [0.15, 0.2) is 34.8 Å². The topological polar surface area (TPSA) is 56.8 Å². The van der Waals surface area contributed by atoms with Gasteiger partial charge in [-0.3, -0.25) is 0 Å². The maximum Gasteiger partial charge on any atom is 0.177 e. The second kappa shape index (κ2) is 5.51. The van der Waals surface area contributed by atoms with Crippen molar-refractivity contribution in [1.82, 2.24) is 0 Å². The van der Waals surface area contributed by atoms with Crippen molar-refractivity contribution in [2.24, 2.45) is 0 Å². The van der Waals surface area contributed by atoms with Crippen LogP contribution < -0.4 is 4.74 Å². The SMILES string of the molecule is N#Cc1cc(C#N)cc(Oc2c(F)[c]ccc2Br)c1. The minimum Gasteiger partial charge on any atom is -0.453 e. The second-order valence-corrected chi connectivity index (χ2v) is 4.39. The zero-order valence-corrected chi connectivity index (χ0v) is 11.0. The van der Waals surface area contributed by atoms with E-state index < -0.39 is 5.82 Å². The fourth-order valence-electron chi connectivity index (χ4n) is 1.43. The molecule has 1 radical (unpaired) electrons. The minimum absolute atomic E-state index is 0.0403. The van der Waals surface area contributed by atoms with Gasteiger partial charge in [0.25, 0.3) is 0 Å². The van der Waals surface area contributed by atoms with Crippen molar-refractivity contribution < 1.29 is 9.13 Å². The Labute approximate surface area is 117 Å². The third-order valence-corrected chi connectivity index (χ3v) is 2.87. The van der Waals surface area contributed by atoms with Crippen molar-refractivity contribution in [3.05, 3.63) is 57.8 Å². The highest BCUT2D eigenvalue weighted by molar-refractivity contribution is 9.10. The first-order valence-electron chi connectivity index (χ1n) is 5.13. The molecular formula is C14H5BrFN2O. The Kier molecular flexibility index (Phi) is 3.79. The summed E-state index contributed by atoms with van der Waals surface area (Å²) in [6.07, 6.45) is 0. The zero-order valence-electron chi connectivity index (χ0n) is 9.45. The summed E-state index contributed by atoms with van der Waals surface area (Å²) < 4.78 is 19.4. The Morgan fingerprint density at radius 3 is 2.32 bits per heavy atom. The molecule has 19 heavy (non-hydrogen) atoms. The van der Waals surface area contributed by atoms with Crippen molar-refractivity contribution in [3.63, 3.8) is 0 Å². The second-order valence-electron chi connectivity index (χ2n) is 3.54. The summed E-state index contributed by atoms with van der Waals surface area (Å²) in [6.45, 7) is 0. The lowest BCUT2D eigenvalue weighted by Gasteiger charge is -2.09. The van der Waals surface area contributed by atoms with Crippen molar-refractivity contribution in [2.45, 2.75) is 0 Å². The van der Waals surface area contributed by atoms with Crippen LogP contribution in [0.3, 0.4) is 0 Å². The third kappa shape index (κ3) is 2.90. The number of benzene rings is 2. The largest absolute Gasteiger partial charge is 0.453 e. The quantitative estimate of drug-likeness (QED) is 0.843. The first-order chi connectivity index (χ1) is 9.13. The van der Waals surface area contributed by atoms with Gasteiger partial charge in [0.2, 0.25) is 0 Å². The van der Waals surface area contributed by atoms with E-state index in [1.807, 2.05) is 12.1 Å². The summed E-state index contributed by atoms with van der Waals surface area (Å²) in [6, 6.07) is 13.5. The van der Waals surface area contributed by atoms with Gasteiger partial charge in [-0.05, 0) is 46.3 Å². The minimum atomic E-state index is -0.657. The Bertz CT molecular complexity index is 664. The summed E-state index contributed by atoms with van der Waals surface area (Å²) in [5.74, 6) is -0.480. The summed E-state index contributed by atoms with van der Waals surface area (Å²) in [5, 5.41) is 17.7. The molecule has 0 aliphatic heterocycles. The number of rotatable bonds is 2. The highest BCUT2D eigenvalue weighted by Crippen LogP contribution is 2.32. The predicted octanol–water partition coefficient (Wildman–Crippen LogP) is 3.92. The van der Waals surface area contributed by atoms with E-state index in [2.05, 4.69) is 22.0 Å². The Hall–Kier alpha value is -2.37. The van der Waals surface area contributed by atoms with Crippen LogP contribution >= 0.6 is 15.9 Å². The van der Waals surface area contributed by atoms with Gasteiger partial charge in [-0.15, -0.1) is 0 Å². The van der Waals surface area contributed by atoms with E-state index in [1.54, 1.807) is 6.07 Å². The third-order valence-electron chi connectivity index (χ3n) is 2.24. The molecule has 5 heteroatoms.